The Labute approximate surface area is 147 Å². The fourth-order valence-corrected chi connectivity index (χ4v) is 2.90. The highest BCUT2D eigenvalue weighted by molar-refractivity contribution is 5.89. The first-order valence-electron chi connectivity index (χ1n) is 7.96. The number of nitrogens with zero attached hydrogens (tertiary/aromatic N) is 1. The molecule has 0 saturated carbocycles. The number of ether oxygens (including phenoxy) is 1. The predicted molar refractivity (Wildman–Crippen MR) is 96.3 cm³/mol. The van der Waals surface area contributed by atoms with E-state index in [0.29, 0.717) is 11.1 Å². The van der Waals surface area contributed by atoms with Crippen molar-refractivity contribution in [1.82, 2.24) is 0 Å². The highest BCUT2D eigenvalue weighted by Gasteiger charge is 2.17. The molecule has 3 aromatic rings. The van der Waals surface area contributed by atoms with Crippen LogP contribution < -0.4 is 0 Å². The molecule has 1 atom stereocenters. The fourth-order valence-electron chi connectivity index (χ4n) is 2.90. The van der Waals surface area contributed by atoms with Gasteiger partial charge in [-0.25, -0.2) is 4.79 Å². The Morgan fingerprint density at radius 1 is 0.840 bits per heavy atom. The van der Waals surface area contributed by atoms with Gasteiger partial charge in [-0.1, -0.05) is 54.6 Å². The first-order valence-corrected chi connectivity index (χ1v) is 7.96. The van der Waals surface area contributed by atoms with Crippen molar-refractivity contribution in [2.24, 2.45) is 0 Å². The molecule has 3 rings (SSSR count). The minimum Gasteiger partial charge on any atom is -0.465 e. The third-order valence-corrected chi connectivity index (χ3v) is 4.17. The van der Waals surface area contributed by atoms with Gasteiger partial charge in [0.25, 0.3) is 0 Å². The summed E-state index contributed by atoms with van der Waals surface area (Å²) in [5.41, 5.74) is 4.48. The lowest BCUT2D eigenvalue weighted by atomic mass is 9.84. The average Bonchev–Trinajstić information content (AvgIpc) is 2.69. The Morgan fingerprint density at radius 2 is 1.36 bits per heavy atom. The summed E-state index contributed by atoms with van der Waals surface area (Å²) < 4.78 is 4.76. The molecule has 0 heterocycles. The molecule has 0 aliphatic heterocycles. The normalized spacial score (nSPS) is 11.4. The van der Waals surface area contributed by atoms with Crippen molar-refractivity contribution in [3.05, 3.63) is 107 Å². The Balaban J connectivity index is 2.05. The number of nitriles is 1. The molecule has 3 heteroatoms. The monoisotopic (exact) mass is 327 g/mol. The number of esters is 1. The minimum atomic E-state index is -0.346. The van der Waals surface area contributed by atoms with Gasteiger partial charge in [-0.15, -0.1) is 0 Å². The summed E-state index contributed by atoms with van der Waals surface area (Å²) in [7, 11) is 1.37. The average molecular weight is 327 g/mol. The second kappa shape index (κ2) is 7.46. The van der Waals surface area contributed by atoms with Gasteiger partial charge in [0.1, 0.15) is 0 Å². The van der Waals surface area contributed by atoms with E-state index in [4.69, 9.17) is 10.00 Å². The third kappa shape index (κ3) is 3.59. The first kappa shape index (κ1) is 16.5. The van der Waals surface area contributed by atoms with Gasteiger partial charge in [0.15, 0.2) is 0 Å². The maximum atomic E-state index is 11.7. The van der Waals surface area contributed by atoms with Crippen LogP contribution in [0.4, 0.5) is 0 Å². The SMILES string of the molecule is COC(=O)c1ccc(C(c2ccccc2)c2ccc(C#N)cc2)cc1. The van der Waals surface area contributed by atoms with Crippen LogP contribution in [-0.2, 0) is 4.74 Å². The largest absolute Gasteiger partial charge is 0.465 e. The molecule has 0 radical (unpaired) electrons. The molecule has 0 saturated heterocycles. The second-order valence-corrected chi connectivity index (χ2v) is 5.69. The molecule has 0 bridgehead atoms. The van der Waals surface area contributed by atoms with Crippen molar-refractivity contribution >= 4 is 5.97 Å². The van der Waals surface area contributed by atoms with E-state index in [1.54, 1.807) is 12.1 Å². The molecule has 0 aromatic heterocycles. The van der Waals surface area contributed by atoms with Gasteiger partial charge in [-0.3, -0.25) is 0 Å². The molecule has 25 heavy (non-hydrogen) atoms. The fraction of sp³-hybridized carbons (Fsp3) is 0.0909. The second-order valence-electron chi connectivity index (χ2n) is 5.69. The number of methoxy groups -OCH3 is 1. The smallest absolute Gasteiger partial charge is 0.337 e. The topological polar surface area (TPSA) is 50.1 Å². The standard InChI is InChI=1S/C22H17NO2/c1-25-22(24)20-13-11-19(12-14-20)21(17-5-3-2-4-6-17)18-9-7-16(15-23)8-10-18/h2-14,21H,1H3. The maximum Gasteiger partial charge on any atom is 0.337 e. The summed E-state index contributed by atoms with van der Waals surface area (Å²) >= 11 is 0. The van der Waals surface area contributed by atoms with Gasteiger partial charge in [-0.05, 0) is 41.0 Å². The summed E-state index contributed by atoms with van der Waals surface area (Å²) in [4.78, 5) is 11.7. The van der Waals surface area contributed by atoms with Crippen molar-refractivity contribution in [3.63, 3.8) is 0 Å². The van der Waals surface area contributed by atoms with Crippen LogP contribution in [0.2, 0.25) is 0 Å². The molecule has 0 aliphatic carbocycles. The van der Waals surface area contributed by atoms with Crippen LogP contribution in [0.15, 0.2) is 78.9 Å². The molecular weight excluding hydrogens is 310 g/mol. The number of carbonyl (C=O) groups is 1. The molecule has 1 unspecified atom stereocenters. The molecule has 0 fully saturated rings. The molecule has 3 aromatic carbocycles. The molecule has 0 N–H and O–H groups in total. The van der Waals surface area contributed by atoms with Gasteiger partial charge in [-0.2, -0.15) is 5.26 Å². The Bertz CT molecular complexity index is 892. The summed E-state index contributed by atoms with van der Waals surface area (Å²) in [6.45, 7) is 0. The Hall–Kier alpha value is -3.38. The molecule has 0 amide bonds. The number of rotatable bonds is 4. The molecular formula is C22H17NO2. The van der Waals surface area contributed by atoms with Gasteiger partial charge in [0, 0.05) is 5.92 Å². The van der Waals surface area contributed by atoms with Crippen LogP contribution >= 0.6 is 0 Å². The molecule has 0 aliphatic rings. The van der Waals surface area contributed by atoms with E-state index in [-0.39, 0.29) is 11.9 Å². The molecule has 3 nitrogen and oxygen atoms in total. The zero-order valence-electron chi connectivity index (χ0n) is 13.8. The van der Waals surface area contributed by atoms with E-state index in [0.717, 1.165) is 16.7 Å². The highest BCUT2D eigenvalue weighted by atomic mass is 16.5. The van der Waals surface area contributed by atoms with Crippen LogP contribution in [0.5, 0.6) is 0 Å². The lowest BCUT2D eigenvalue weighted by Crippen LogP contribution is -2.05. The van der Waals surface area contributed by atoms with Gasteiger partial charge in [0.05, 0.1) is 24.3 Å². The van der Waals surface area contributed by atoms with Crippen molar-refractivity contribution in [2.45, 2.75) is 5.92 Å². The van der Waals surface area contributed by atoms with Crippen molar-refractivity contribution in [3.8, 4) is 6.07 Å². The molecule has 0 spiro atoms. The van der Waals surface area contributed by atoms with Crippen molar-refractivity contribution < 1.29 is 9.53 Å². The zero-order chi connectivity index (χ0) is 17.6. The summed E-state index contributed by atoms with van der Waals surface area (Å²) in [5.74, 6) is -0.318. The van der Waals surface area contributed by atoms with E-state index in [1.165, 1.54) is 7.11 Å². The quantitative estimate of drug-likeness (QED) is 0.523. The van der Waals surface area contributed by atoms with Gasteiger partial charge < -0.3 is 4.74 Å². The summed E-state index contributed by atoms with van der Waals surface area (Å²) in [6.07, 6.45) is 0. The van der Waals surface area contributed by atoms with Crippen LogP contribution in [0.25, 0.3) is 0 Å². The summed E-state index contributed by atoms with van der Waals surface area (Å²) in [6, 6.07) is 27.4. The Morgan fingerprint density at radius 3 is 1.88 bits per heavy atom. The Kier molecular flexibility index (Phi) is 4.92. The van der Waals surface area contributed by atoms with E-state index in [1.807, 2.05) is 54.6 Å². The number of hydrogen-bond acceptors (Lipinski definition) is 3. The highest BCUT2D eigenvalue weighted by Crippen LogP contribution is 2.32. The number of benzene rings is 3. The van der Waals surface area contributed by atoms with E-state index >= 15 is 0 Å². The van der Waals surface area contributed by atoms with E-state index in [2.05, 4.69) is 18.2 Å². The van der Waals surface area contributed by atoms with Gasteiger partial charge >= 0.3 is 5.97 Å². The van der Waals surface area contributed by atoms with Crippen molar-refractivity contribution in [1.29, 1.82) is 5.26 Å². The van der Waals surface area contributed by atoms with Crippen LogP contribution in [0, 0.1) is 11.3 Å². The lowest BCUT2D eigenvalue weighted by Gasteiger charge is -2.19. The van der Waals surface area contributed by atoms with E-state index < -0.39 is 0 Å². The van der Waals surface area contributed by atoms with E-state index in [9.17, 15) is 4.79 Å². The lowest BCUT2D eigenvalue weighted by molar-refractivity contribution is 0.0600. The van der Waals surface area contributed by atoms with Crippen molar-refractivity contribution in [2.75, 3.05) is 7.11 Å². The summed E-state index contributed by atoms with van der Waals surface area (Å²) in [5, 5.41) is 9.01. The number of hydrogen-bond donors (Lipinski definition) is 0. The first-order chi connectivity index (χ1) is 12.2. The van der Waals surface area contributed by atoms with Crippen LogP contribution in [-0.4, -0.2) is 13.1 Å². The maximum absolute atomic E-state index is 11.7. The third-order valence-electron chi connectivity index (χ3n) is 4.17. The van der Waals surface area contributed by atoms with Gasteiger partial charge in [0.2, 0.25) is 0 Å². The predicted octanol–water partition coefficient (Wildman–Crippen LogP) is 4.53. The zero-order valence-corrected chi connectivity index (χ0v) is 13.8. The van der Waals surface area contributed by atoms with Crippen LogP contribution in [0.1, 0.15) is 38.5 Å². The van der Waals surface area contributed by atoms with Crippen LogP contribution in [0.3, 0.4) is 0 Å². The molecule has 122 valence electrons. The number of carbonyl (C=O) groups excluding carboxylic acids is 1. The minimum absolute atomic E-state index is 0.0284.